The Kier molecular flexibility index (Phi) is 5.72. The summed E-state index contributed by atoms with van der Waals surface area (Å²) < 4.78 is 17.7. The summed E-state index contributed by atoms with van der Waals surface area (Å²) >= 11 is 6.02. The van der Waals surface area contributed by atoms with E-state index >= 15 is 0 Å². The molecule has 0 saturated heterocycles. The monoisotopic (exact) mass is 434 g/mol. The van der Waals surface area contributed by atoms with Crippen molar-refractivity contribution < 1.29 is 4.39 Å². The summed E-state index contributed by atoms with van der Waals surface area (Å²) in [5, 5.41) is 19.4. The summed E-state index contributed by atoms with van der Waals surface area (Å²) in [5.41, 5.74) is 1.26. The average Bonchev–Trinajstić information content (AvgIpc) is 3.29. The van der Waals surface area contributed by atoms with E-state index in [-0.39, 0.29) is 22.5 Å². The molecule has 154 valence electrons. The molecule has 9 heteroatoms. The maximum atomic E-state index is 14.8. The third-order valence-corrected chi connectivity index (χ3v) is 4.60. The maximum Gasteiger partial charge on any atom is 0.209 e. The van der Waals surface area contributed by atoms with Crippen LogP contribution in [0.3, 0.4) is 0 Å². The SMILES string of the molecule is N=C/C=C(\Nc1cccc(Cl)c1)c1nn(-c2ccc(-n3cccn3)cc2F)ccc1=O. The van der Waals surface area contributed by atoms with Crippen molar-refractivity contribution in [1.82, 2.24) is 19.6 Å². The smallest absolute Gasteiger partial charge is 0.209 e. The van der Waals surface area contributed by atoms with Crippen LogP contribution in [0.25, 0.3) is 17.1 Å². The lowest BCUT2D eigenvalue weighted by Gasteiger charge is -2.13. The third kappa shape index (κ3) is 4.44. The molecule has 0 amide bonds. The van der Waals surface area contributed by atoms with Crippen LogP contribution in [0.15, 0.2) is 84.1 Å². The fourth-order valence-corrected chi connectivity index (χ4v) is 3.15. The Morgan fingerprint density at radius 2 is 1.97 bits per heavy atom. The molecule has 2 N–H and O–H groups in total. The second kappa shape index (κ2) is 8.76. The summed E-state index contributed by atoms with van der Waals surface area (Å²) in [4.78, 5) is 12.5. The summed E-state index contributed by atoms with van der Waals surface area (Å²) in [6.45, 7) is 0. The van der Waals surface area contributed by atoms with E-state index in [0.29, 0.717) is 16.4 Å². The van der Waals surface area contributed by atoms with Crippen LogP contribution in [0.2, 0.25) is 5.02 Å². The number of allylic oxidation sites excluding steroid dienone is 1. The van der Waals surface area contributed by atoms with Gasteiger partial charge in [0.2, 0.25) is 5.43 Å². The van der Waals surface area contributed by atoms with E-state index in [9.17, 15) is 9.18 Å². The fraction of sp³-hybridized carbons (Fsp3) is 0. The average molecular weight is 435 g/mol. The summed E-state index contributed by atoms with van der Waals surface area (Å²) in [5.74, 6) is -0.532. The molecule has 0 spiro atoms. The molecule has 2 aromatic carbocycles. The highest BCUT2D eigenvalue weighted by atomic mass is 35.5. The lowest BCUT2D eigenvalue weighted by atomic mass is 10.2. The number of nitrogens with one attached hydrogen (secondary N) is 2. The highest BCUT2D eigenvalue weighted by Crippen LogP contribution is 2.20. The van der Waals surface area contributed by atoms with Gasteiger partial charge in [-0.25, -0.2) is 13.8 Å². The second-order valence-electron chi connectivity index (χ2n) is 6.44. The Morgan fingerprint density at radius 3 is 2.68 bits per heavy atom. The van der Waals surface area contributed by atoms with Gasteiger partial charge in [0.1, 0.15) is 5.69 Å². The van der Waals surface area contributed by atoms with Crippen LogP contribution in [-0.2, 0) is 0 Å². The first kappa shape index (κ1) is 20.2. The van der Waals surface area contributed by atoms with Crippen molar-refractivity contribution in [2.45, 2.75) is 0 Å². The van der Waals surface area contributed by atoms with Crippen LogP contribution in [0.4, 0.5) is 10.1 Å². The summed E-state index contributed by atoms with van der Waals surface area (Å²) in [6.07, 6.45) is 7.13. The predicted octanol–water partition coefficient (Wildman–Crippen LogP) is 4.31. The van der Waals surface area contributed by atoms with Crippen molar-refractivity contribution in [3.63, 3.8) is 0 Å². The van der Waals surface area contributed by atoms with Crippen molar-refractivity contribution in [2.75, 3.05) is 5.32 Å². The highest BCUT2D eigenvalue weighted by Gasteiger charge is 2.13. The van der Waals surface area contributed by atoms with Crippen molar-refractivity contribution in [1.29, 1.82) is 5.41 Å². The Balaban J connectivity index is 1.73. The standard InChI is InChI=1S/C22H16ClFN6O/c23-15-3-1-4-16(13-15)27-19(7-9-25)22-21(31)8-12-30(28-22)20-6-5-17(14-18(20)24)29-11-2-10-26-29/h1-14,25,27H/b19-7-,25-9?. The van der Waals surface area contributed by atoms with Gasteiger partial charge in [0, 0.05) is 47.6 Å². The minimum absolute atomic E-state index is 0.0292. The molecule has 4 aromatic rings. The van der Waals surface area contributed by atoms with Crippen LogP contribution < -0.4 is 10.7 Å². The predicted molar refractivity (Wildman–Crippen MR) is 119 cm³/mol. The number of rotatable bonds is 6. The topological polar surface area (TPSA) is 88.6 Å². The number of hydrogen-bond acceptors (Lipinski definition) is 5. The van der Waals surface area contributed by atoms with Gasteiger partial charge >= 0.3 is 0 Å². The molecule has 0 atom stereocenters. The van der Waals surface area contributed by atoms with Gasteiger partial charge in [0.15, 0.2) is 11.5 Å². The number of halogens is 2. The van der Waals surface area contributed by atoms with Crippen molar-refractivity contribution in [3.8, 4) is 11.4 Å². The number of anilines is 1. The minimum Gasteiger partial charge on any atom is -0.354 e. The Morgan fingerprint density at radius 1 is 1.10 bits per heavy atom. The number of nitrogens with zero attached hydrogens (tertiary/aromatic N) is 4. The molecule has 0 unspecified atom stereocenters. The lowest BCUT2D eigenvalue weighted by molar-refractivity contribution is 0.605. The van der Waals surface area contributed by atoms with Gasteiger partial charge in [0.25, 0.3) is 0 Å². The number of aromatic nitrogens is 4. The molecule has 2 heterocycles. The lowest BCUT2D eigenvalue weighted by Crippen LogP contribution is -2.19. The van der Waals surface area contributed by atoms with Gasteiger partial charge in [-0.15, -0.1) is 0 Å². The first-order valence-electron chi connectivity index (χ1n) is 9.19. The van der Waals surface area contributed by atoms with E-state index in [2.05, 4.69) is 15.5 Å². The zero-order valence-corrected chi connectivity index (χ0v) is 16.8. The van der Waals surface area contributed by atoms with Crippen molar-refractivity contribution >= 4 is 29.2 Å². The zero-order chi connectivity index (χ0) is 21.8. The molecule has 0 saturated carbocycles. The molecule has 31 heavy (non-hydrogen) atoms. The largest absolute Gasteiger partial charge is 0.354 e. The van der Waals surface area contributed by atoms with E-state index in [0.717, 1.165) is 6.21 Å². The van der Waals surface area contributed by atoms with Gasteiger partial charge in [-0.2, -0.15) is 10.2 Å². The van der Waals surface area contributed by atoms with Crippen LogP contribution >= 0.6 is 11.6 Å². The Hall–Kier alpha value is -4.04. The molecular formula is C22H16ClFN6O. The molecule has 0 bridgehead atoms. The summed E-state index contributed by atoms with van der Waals surface area (Å²) in [6, 6.07) is 14.5. The number of hydrogen-bond donors (Lipinski definition) is 2. The zero-order valence-electron chi connectivity index (χ0n) is 16.0. The van der Waals surface area contributed by atoms with Crippen molar-refractivity contribution in [3.05, 3.63) is 106 Å². The van der Waals surface area contributed by atoms with E-state index in [1.165, 1.54) is 33.8 Å². The van der Waals surface area contributed by atoms with Crippen LogP contribution in [0.5, 0.6) is 0 Å². The third-order valence-electron chi connectivity index (χ3n) is 4.36. The number of benzene rings is 2. The first-order chi connectivity index (χ1) is 15.0. The molecule has 0 aliphatic heterocycles. The van der Waals surface area contributed by atoms with Crippen molar-refractivity contribution in [2.24, 2.45) is 0 Å². The van der Waals surface area contributed by atoms with Gasteiger partial charge in [-0.05, 0) is 42.5 Å². The normalized spacial score (nSPS) is 11.4. The minimum atomic E-state index is -0.532. The Labute approximate surface area is 181 Å². The van der Waals surface area contributed by atoms with Crippen LogP contribution in [0, 0.1) is 11.2 Å². The highest BCUT2D eigenvalue weighted by molar-refractivity contribution is 6.30. The van der Waals surface area contributed by atoms with Crippen LogP contribution in [0.1, 0.15) is 5.69 Å². The van der Waals surface area contributed by atoms with Gasteiger partial charge in [-0.1, -0.05) is 17.7 Å². The molecule has 4 rings (SSSR count). The van der Waals surface area contributed by atoms with E-state index in [1.54, 1.807) is 54.9 Å². The molecule has 7 nitrogen and oxygen atoms in total. The maximum absolute atomic E-state index is 14.8. The summed E-state index contributed by atoms with van der Waals surface area (Å²) in [7, 11) is 0. The van der Waals surface area contributed by atoms with E-state index < -0.39 is 5.82 Å². The molecule has 0 radical (unpaired) electrons. The first-order valence-corrected chi connectivity index (χ1v) is 9.56. The second-order valence-corrected chi connectivity index (χ2v) is 6.88. The molecule has 0 fully saturated rings. The molecule has 2 aromatic heterocycles. The quantitative estimate of drug-likeness (QED) is 0.442. The van der Waals surface area contributed by atoms with Gasteiger partial charge in [-0.3, -0.25) is 4.79 Å². The Bertz CT molecular complexity index is 1330. The van der Waals surface area contributed by atoms with Crippen LogP contribution in [-0.4, -0.2) is 25.8 Å². The van der Waals surface area contributed by atoms with Gasteiger partial charge in [0.05, 0.1) is 11.4 Å². The van der Waals surface area contributed by atoms with E-state index in [4.69, 9.17) is 17.0 Å². The fourth-order valence-electron chi connectivity index (χ4n) is 2.96. The molecular weight excluding hydrogens is 419 g/mol. The molecule has 0 aliphatic carbocycles. The van der Waals surface area contributed by atoms with E-state index in [1.807, 2.05) is 0 Å². The molecule has 0 aliphatic rings. The van der Waals surface area contributed by atoms with Gasteiger partial charge < -0.3 is 10.7 Å².